The van der Waals surface area contributed by atoms with E-state index in [1.165, 1.54) is 12.8 Å². The highest BCUT2D eigenvalue weighted by molar-refractivity contribution is 5.85. The second-order valence-corrected chi connectivity index (χ2v) is 5.56. The van der Waals surface area contributed by atoms with E-state index in [0.717, 1.165) is 30.9 Å². The van der Waals surface area contributed by atoms with Crippen molar-refractivity contribution >= 4 is 12.4 Å². The van der Waals surface area contributed by atoms with Crippen molar-refractivity contribution in [1.29, 1.82) is 0 Å². The minimum Gasteiger partial charge on any atom is -0.497 e. The second kappa shape index (κ2) is 8.29. The van der Waals surface area contributed by atoms with Crippen LogP contribution in [0.1, 0.15) is 18.7 Å². The standard InChI is InChI=1S/C16H22N4O2.ClH/c1-17-10-13-4-3-9-20(13)11-15-18-16(19-22-15)12-5-7-14(21-2)8-6-12;/h5-8,13,17H,3-4,9-11H2,1-2H3;1H. The molecule has 2 heterocycles. The molecule has 0 spiro atoms. The van der Waals surface area contributed by atoms with E-state index in [9.17, 15) is 0 Å². The number of rotatable bonds is 6. The van der Waals surface area contributed by atoms with Crippen molar-refractivity contribution in [1.82, 2.24) is 20.4 Å². The Balaban J connectivity index is 0.00000192. The summed E-state index contributed by atoms with van der Waals surface area (Å²) in [5.41, 5.74) is 0.934. The van der Waals surface area contributed by atoms with Crippen molar-refractivity contribution in [3.05, 3.63) is 30.2 Å². The lowest BCUT2D eigenvalue weighted by Crippen LogP contribution is -2.36. The Hall–Kier alpha value is -1.63. The summed E-state index contributed by atoms with van der Waals surface area (Å²) in [6, 6.07) is 8.23. The van der Waals surface area contributed by atoms with Crippen molar-refractivity contribution in [2.45, 2.75) is 25.4 Å². The molecule has 6 nitrogen and oxygen atoms in total. The molecule has 1 aromatic carbocycles. The fourth-order valence-electron chi connectivity index (χ4n) is 2.92. The maximum atomic E-state index is 5.41. The van der Waals surface area contributed by atoms with E-state index in [0.29, 0.717) is 17.8 Å². The number of likely N-dealkylation sites (tertiary alicyclic amines) is 1. The van der Waals surface area contributed by atoms with Crippen LogP contribution in [0.3, 0.4) is 0 Å². The molecular formula is C16H23ClN4O2. The van der Waals surface area contributed by atoms with Crippen LogP contribution in [0.25, 0.3) is 11.4 Å². The molecule has 126 valence electrons. The fourth-order valence-corrected chi connectivity index (χ4v) is 2.92. The molecule has 2 aromatic rings. The Morgan fingerprint density at radius 2 is 2.13 bits per heavy atom. The quantitative estimate of drug-likeness (QED) is 0.872. The van der Waals surface area contributed by atoms with Crippen molar-refractivity contribution in [3.63, 3.8) is 0 Å². The van der Waals surface area contributed by atoms with Gasteiger partial charge in [-0.25, -0.2) is 0 Å². The first-order valence-electron chi connectivity index (χ1n) is 7.66. The number of benzene rings is 1. The molecule has 1 aliphatic rings. The molecule has 1 aliphatic heterocycles. The topological polar surface area (TPSA) is 63.4 Å². The first-order valence-corrected chi connectivity index (χ1v) is 7.66. The lowest BCUT2D eigenvalue weighted by atomic mass is 10.2. The van der Waals surface area contributed by atoms with Crippen molar-refractivity contribution in [2.24, 2.45) is 0 Å². The van der Waals surface area contributed by atoms with Crippen molar-refractivity contribution in [2.75, 3.05) is 27.2 Å². The van der Waals surface area contributed by atoms with E-state index in [1.54, 1.807) is 7.11 Å². The van der Waals surface area contributed by atoms with E-state index in [2.05, 4.69) is 20.4 Å². The monoisotopic (exact) mass is 338 g/mol. The van der Waals surface area contributed by atoms with Crippen molar-refractivity contribution < 1.29 is 9.26 Å². The summed E-state index contributed by atoms with van der Waals surface area (Å²) in [5, 5.41) is 7.33. The predicted molar refractivity (Wildman–Crippen MR) is 90.9 cm³/mol. The molecule has 7 heteroatoms. The highest BCUT2D eigenvalue weighted by Crippen LogP contribution is 2.22. The van der Waals surface area contributed by atoms with Crippen LogP contribution in [0.2, 0.25) is 0 Å². The molecule has 1 N–H and O–H groups in total. The third-order valence-corrected chi connectivity index (χ3v) is 4.09. The molecular weight excluding hydrogens is 316 g/mol. The minimum atomic E-state index is 0. The van der Waals surface area contributed by atoms with Crippen molar-refractivity contribution in [3.8, 4) is 17.1 Å². The molecule has 23 heavy (non-hydrogen) atoms. The van der Waals surface area contributed by atoms with Crippen LogP contribution >= 0.6 is 12.4 Å². The van der Waals surface area contributed by atoms with Gasteiger partial charge in [0.05, 0.1) is 13.7 Å². The molecule has 1 atom stereocenters. The normalized spacial score (nSPS) is 17.9. The zero-order valence-corrected chi connectivity index (χ0v) is 14.3. The summed E-state index contributed by atoms with van der Waals surface area (Å²) in [7, 11) is 3.64. The van der Waals surface area contributed by atoms with Gasteiger partial charge in [0.1, 0.15) is 5.75 Å². The maximum Gasteiger partial charge on any atom is 0.241 e. The summed E-state index contributed by atoms with van der Waals surface area (Å²) >= 11 is 0. The maximum absolute atomic E-state index is 5.41. The molecule has 0 amide bonds. The van der Waals surface area contributed by atoms with E-state index in [1.807, 2.05) is 31.3 Å². The number of hydrogen-bond donors (Lipinski definition) is 1. The van der Waals surface area contributed by atoms with E-state index >= 15 is 0 Å². The van der Waals surface area contributed by atoms with Gasteiger partial charge in [0, 0.05) is 18.2 Å². The number of hydrogen-bond acceptors (Lipinski definition) is 6. The summed E-state index contributed by atoms with van der Waals surface area (Å²) in [5.74, 6) is 2.12. The molecule has 3 rings (SSSR count). The molecule has 0 aliphatic carbocycles. The summed E-state index contributed by atoms with van der Waals surface area (Å²) < 4.78 is 10.6. The summed E-state index contributed by atoms with van der Waals surface area (Å²) in [6.45, 7) is 2.81. The first-order chi connectivity index (χ1) is 10.8. The van der Waals surface area contributed by atoms with E-state index in [4.69, 9.17) is 9.26 Å². The van der Waals surface area contributed by atoms with Gasteiger partial charge in [-0.15, -0.1) is 12.4 Å². The Labute approximate surface area is 142 Å². The zero-order chi connectivity index (χ0) is 15.4. The van der Waals surface area contributed by atoms with Crippen LogP contribution in [0.4, 0.5) is 0 Å². The number of methoxy groups -OCH3 is 1. The number of aromatic nitrogens is 2. The summed E-state index contributed by atoms with van der Waals surface area (Å²) in [6.07, 6.45) is 2.45. The number of nitrogens with zero attached hydrogens (tertiary/aromatic N) is 3. The zero-order valence-electron chi connectivity index (χ0n) is 13.5. The van der Waals surface area contributed by atoms with Gasteiger partial charge >= 0.3 is 0 Å². The fraction of sp³-hybridized carbons (Fsp3) is 0.500. The number of likely N-dealkylation sites (N-methyl/N-ethyl adjacent to an activating group) is 1. The van der Waals surface area contributed by atoms with Gasteiger partial charge in [0.15, 0.2) is 0 Å². The number of nitrogens with one attached hydrogen (secondary N) is 1. The SMILES string of the molecule is CNCC1CCCN1Cc1nc(-c2ccc(OC)cc2)no1.Cl. The van der Waals surface area contributed by atoms with Crippen LogP contribution in [0, 0.1) is 0 Å². The average molecular weight is 339 g/mol. The smallest absolute Gasteiger partial charge is 0.241 e. The van der Waals surface area contributed by atoms with E-state index < -0.39 is 0 Å². The highest BCUT2D eigenvalue weighted by atomic mass is 35.5. The molecule has 0 radical (unpaired) electrons. The first kappa shape index (κ1) is 17.7. The minimum absolute atomic E-state index is 0. The van der Waals surface area contributed by atoms with Crippen LogP contribution in [-0.2, 0) is 6.54 Å². The van der Waals surface area contributed by atoms with Crippen LogP contribution < -0.4 is 10.1 Å². The molecule has 1 saturated heterocycles. The predicted octanol–water partition coefficient (Wildman–Crippen LogP) is 2.35. The number of halogens is 1. The van der Waals surface area contributed by atoms with Gasteiger partial charge in [-0.05, 0) is 50.7 Å². The molecule has 0 saturated carbocycles. The van der Waals surface area contributed by atoms with Gasteiger partial charge in [-0.1, -0.05) is 5.16 Å². The Bertz CT molecular complexity index is 602. The third-order valence-electron chi connectivity index (χ3n) is 4.09. The Kier molecular flexibility index (Phi) is 6.38. The summed E-state index contributed by atoms with van der Waals surface area (Å²) in [4.78, 5) is 6.92. The molecule has 1 unspecified atom stereocenters. The van der Waals surface area contributed by atoms with Crippen LogP contribution in [0.5, 0.6) is 5.75 Å². The van der Waals surface area contributed by atoms with Crippen LogP contribution in [0.15, 0.2) is 28.8 Å². The largest absolute Gasteiger partial charge is 0.497 e. The Morgan fingerprint density at radius 3 is 2.83 bits per heavy atom. The second-order valence-electron chi connectivity index (χ2n) is 5.56. The molecule has 0 bridgehead atoms. The van der Waals surface area contributed by atoms with Gasteiger partial charge in [-0.2, -0.15) is 4.98 Å². The van der Waals surface area contributed by atoms with Gasteiger partial charge in [0.25, 0.3) is 0 Å². The third kappa shape index (κ3) is 4.22. The van der Waals surface area contributed by atoms with Crippen LogP contribution in [-0.4, -0.2) is 48.3 Å². The average Bonchev–Trinajstić information content (AvgIpc) is 3.18. The molecule has 1 fully saturated rings. The van der Waals surface area contributed by atoms with Gasteiger partial charge in [0.2, 0.25) is 11.7 Å². The van der Waals surface area contributed by atoms with Gasteiger partial charge in [-0.3, -0.25) is 4.90 Å². The van der Waals surface area contributed by atoms with E-state index in [-0.39, 0.29) is 12.4 Å². The highest BCUT2D eigenvalue weighted by Gasteiger charge is 2.25. The lowest BCUT2D eigenvalue weighted by Gasteiger charge is -2.22. The number of ether oxygens (including phenoxy) is 1. The lowest BCUT2D eigenvalue weighted by molar-refractivity contribution is 0.209. The van der Waals surface area contributed by atoms with Gasteiger partial charge < -0.3 is 14.6 Å². The molecule has 1 aromatic heterocycles. The Morgan fingerprint density at radius 1 is 1.35 bits per heavy atom.